The second-order valence-electron chi connectivity index (χ2n) is 18.3. The molecule has 1 amide bonds. The summed E-state index contributed by atoms with van der Waals surface area (Å²) in [4.78, 5) is 47.7. The summed E-state index contributed by atoms with van der Waals surface area (Å²) in [6, 6.07) is 8.99. The number of aromatic hydroxyl groups is 1. The first-order valence-electron chi connectivity index (χ1n) is 20.1. The lowest BCUT2D eigenvalue weighted by Crippen LogP contribution is -2.68. The van der Waals surface area contributed by atoms with Gasteiger partial charge in [-0.1, -0.05) is 63.9 Å². The number of carbonyl (C=O) groups is 3. The van der Waals surface area contributed by atoms with E-state index in [-0.39, 0.29) is 102 Å². The number of amides is 1. The number of hydrogen-bond donors (Lipinski definition) is 3. The molecule has 2 fully saturated rings. The molecule has 0 radical (unpaired) electrons. The number of fused-ring (bicyclic) bond motifs is 5. The van der Waals surface area contributed by atoms with Gasteiger partial charge in [0, 0.05) is 40.8 Å². The fourth-order valence-corrected chi connectivity index (χ4v) is 11.0. The van der Waals surface area contributed by atoms with Crippen LogP contribution in [0.15, 0.2) is 40.4 Å². The van der Waals surface area contributed by atoms with Crippen LogP contribution in [0.4, 0.5) is 4.39 Å². The predicted octanol–water partition coefficient (Wildman–Crippen LogP) is 6.76. The highest BCUT2D eigenvalue weighted by atomic mass is 28.4. The maximum absolute atomic E-state index is 16.8. The highest BCUT2D eigenvalue weighted by molar-refractivity contribution is 6.74. The number of halogens is 1. The Labute approximate surface area is 333 Å². The molecule has 1 aromatic heterocycles. The van der Waals surface area contributed by atoms with Gasteiger partial charge in [-0.15, -0.1) is 0 Å². The van der Waals surface area contributed by atoms with Crippen molar-refractivity contribution in [3.63, 3.8) is 0 Å². The normalized spacial score (nSPS) is 24.7. The molecule has 2 aromatic carbocycles. The Balaban J connectivity index is 1.22. The first-order valence-corrected chi connectivity index (χ1v) is 23.0. The number of carbonyl (C=O) groups excluding carboxylic acids is 3. The van der Waals surface area contributed by atoms with Crippen LogP contribution >= 0.6 is 0 Å². The first-order chi connectivity index (χ1) is 27.0. The number of aromatic nitrogens is 1. The van der Waals surface area contributed by atoms with E-state index in [2.05, 4.69) is 10.5 Å². The van der Waals surface area contributed by atoms with Crippen molar-refractivity contribution in [3.8, 4) is 11.6 Å². The number of aliphatic hydroxyl groups excluding tert-OH is 1. The highest BCUT2D eigenvalue weighted by Gasteiger charge is 2.69. The quantitative estimate of drug-likeness (QED) is 0.155. The molecule has 4 atom stereocenters. The number of Topliss-reactive ketones (excluding diaryl/α,β-unsaturated/α-hetero) is 2. The van der Waals surface area contributed by atoms with Crippen molar-refractivity contribution in [2.45, 2.75) is 115 Å². The van der Waals surface area contributed by atoms with Gasteiger partial charge in [-0.2, -0.15) is 0 Å². The van der Waals surface area contributed by atoms with E-state index in [1.165, 1.54) is 4.90 Å². The zero-order valence-electron chi connectivity index (χ0n) is 33.8. The van der Waals surface area contributed by atoms with Crippen molar-refractivity contribution < 1.29 is 42.7 Å². The van der Waals surface area contributed by atoms with Crippen LogP contribution < -0.4 is 10.1 Å². The summed E-state index contributed by atoms with van der Waals surface area (Å²) < 4.78 is 36.0. The monoisotopic (exact) mass is 800 g/mol. The van der Waals surface area contributed by atoms with Crippen molar-refractivity contribution in [2.24, 2.45) is 11.8 Å². The van der Waals surface area contributed by atoms with Gasteiger partial charge in [-0.3, -0.25) is 19.3 Å². The van der Waals surface area contributed by atoms with Gasteiger partial charge in [-0.05, 0) is 74.5 Å². The summed E-state index contributed by atoms with van der Waals surface area (Å²) in [6.07, 6.45) is 4.40. The van der Waals surface area contributed by atoms with Gasteiger partial charge in [0.1, 0.15) is 29.5 Å². The Bertz CT molecular complexity index is 2170. The molecule has 3 aromatic rings. The molecule has 8 rings (SSSR count). The molecule has 1 unspecified atom stereocenters. The predicted molar refractivity (Wildman–Crippen MR) is 211 cm³/mol. The van der Waals surface area contributed by atoms with E-state index in [0.29, 0.717) is 0 Å². The lowest BCUT2D eigenvalue weighted by molar-refractivity contribution is -0.140. The number of ether oxygens (including phenoxy) is 1. The molecule has 57 heavy (non-hydrogen) atoms. The SMILES string of the molecule is CN(C)[C@@H]1c2onc(OCc3ccccc3)c2C(=O)C2(O[Si](C)(C)C(C)(C)C)C(=O)C3=C(O)c4c(O)c5c(c(F)c4C[C@H]3C[C@@H]12)CN(C(=O)CNC1CCCC1)C5. The van der Waals surface area contributed by atoms with E-state index in [0.717, 1.165) is 31.2 Å². The van der Waals surface area contributed by atoms with Crippen molar-refractivity contribution in [3.05, 3.63) is 80.9 Å². The molecule has 2 saturated carbocycles. The Kier molecular flexibility index (Phi) is 9.81. The molecule has 12 nitrogen and oxygen atoms in total. The first kappa shape index (κ1) is 39.5. The van der Waals surface area contributed by atoms with Crippen LogP contribution in [0.5, 0.6) is 11.6 Å². The third-order valence-corrected chi connectivity index (χ3v) is 18.0. The lowest BCUT2D eigenvalue weighted by atomic mass is 9.57. The van der Waals surface area contributed by atoms with Crippen LogP contribution in [0.3, 0.4) is 0 Å². The molecule has 0 saturated heterocycles. The highest BCUT2D eigenvalue weighted by Crippen LogP contribution is 2.59. The van der Waals surface area contributed by atoms with Crippen LogP contribution in [0.25, 0.3) is 5.76 Å². The molecular weight excluding hydrogens is 748 g/mol. The fourth-order valence-electron chi connectivity index (χ4n) is 9.57. The molecule has 14 heteroatoms. The van der Waals surface area contributed by atoms with E-state index in [4.69, 9.17) is 13.7 Å². The minimum atomic E-state index is -2.97. The number of nitrogens with zero attached hydrogens (tertiary/aromatic N) is 3. The average Bonchev–Trinajstić information content (AvgIpc) is 3.94. The Morgan fingerprint density at radius 3 is 2.40 bits per heavy atom. The Hall–Kier alpha value is -4.37. The number of aliphatic hydroxyl groups is 1. The Morgan fingerprint density at radius 2 is 1.74 bits per heavy atom. The molecule has 0 bridgehead atoms. The van der Waals surface area contributed by atoms with E-state index >= 15 is 14.0 Å². The number of ketones is 2. The third kappa shape index (κ3) is 6.25. The van der Waals surface area contributed by atoms with Crippen molar-refractivity contribution in [1.29, 1.82) is 0 Å². The average molecular weight is 801 g/mol. The van der Waals surface area contributed by atoms with Crippen molar-refractivity contribution in [1.82, 2.24) is 20.3 Å². The number of rotatable bonds is 9. The van der Waals surface area contributed by atoms with Gasteiger partial charge >= 0.3 is 0 Å². The number of nitrogens with one attached hydrogen (secondary N) is 1. The van der Waals surface area contributed by atoms with Crippen LogP contribution in [0, 0.1) is 17.7 Å². The zero-order chi connectivity index (χ0) is 40.8. The molecule has 4 aliphatic carbocycles. The summed E-state index contributed by atoms with van der Waals surface area (Å²) in [5.41, 5.74) is -1.02. The van der Waals surface area contributed by atoms with E-state index in [9.17, 15) is 15.0 Å². The minimum Gasteiger partial charge on any atom is -0.507 e. The summed E-state index contributed by atoms with van der Waals surface area (Å²) in [5, 5.41) is 31.1. The smallest absolute Gasteiger partial charge is 0.265 e. The topological polar surface area (TPSA) is 155 Å². The standard InChI is InChI=1S/C43H53FN4O8Si/c1-42(2,3)57(6,7)56-43-29(35(47(4)5)38-33(40(43)53)41(46-55-38)54-22-23-13-9-8-10-14-23)18-24-17-26-32(37(51)31(24)39(43)52)36(50)28-21-48(20-27(28)34(26)44)30(49)19-45-25-15-11-12-16-25/h8-10,13-14,24-25,29,35,45,50-51H,11-12,15-22H2,1-7H3/t24-,29-,35-,43?/m0/s1. The van der Waals surface area contributed by atoms with Gasteiger partial charge in [-0.25, -0.2) is 4.39 Å². The summed E-state index contributed by atoms with van der Waals surface area (Å²) >= 11 is 0. The summed E-state index contributed by atoms with van der Waals surface area (Å²) in [7, 11) is 0.683. The van der Waals surface area contributed by atoms with E-state index < -0.39 is 60.0 Å². The zero-order valence-corrected chi connectivity index (χ0v) is 34.8. The molecule has 0 spiro atoms. The second-order valence-corrected chi connectivity index (χ2v) is 23.0. The maximum Gasteiger partial charge on any atom is 0.265 e. The van der Waals surface area contributed by atoms with Crippen LogP contribution in [0.2, 0.25) is 18.1 Å². The largest absolute Gasteiger partial charge is 0.507 e. The van der Waals surface area contributed by atoms with Gasteiger partial charge < -0.3 is 34.1 Å². The van der Waals surface area contributed by atoms with Crippen molar-refractivity contribution >= 4 is 31.6 Å². The molecule has 304 valence electrons. The van der Waals surface area contributed by atoms with E-state index in [1.807, 2.05) is 83.2 Å². The number of benzene rings is 2. The molecule has 3 N–H and O–H groups in total. The lowest BCUT2D eigenvalue weighted by Gasteiger charge is -2.55. The number of phenols is 1. The van der Waals surface area contributed by atoms with Gasteiger partial charge in [0.05, 0.1) is 24.7 Å². The Morgan fingerprint density at radius 1 is 1.05 bits per heavy atom. The number of hydrogen-bond acceptors (Lipinski definition) is 11. The number of phenolic OH excluding ortho intramolecular Hbond substituents is 1. The maximum atomic E-state index is 16.8. The van der Waals surface area contributed by atoms with Gasteiger partial charge in [0.25, 0.3) is 5.88 Å². The van der Waals surface area contributed by atoms with Crippen molar-refractivity contribution in [2.75, 3.05) is 20.6 Å². The van der Waals surface area contributed by atoms with Crippen LogP contribution in [-0.2, 0) is 40.1 Å². The minimum absolute atomic E-state index is 0.0135. The summed E-state index contributed by atoms with van der Waals surface area (Å²) in [6.45, 7) is 10.1. The van der Waals surface area contributed by atoms with Crippen LogP contribution in [-0.4, -0.2) is 83.2 Å². The molecular formula is C43H53FN4O8Si. The summed E-state index contributed by atoms with van der Waals surface area (Å²) in [5.74, 6) is -4.47. The molecule has 5 aliphatic rings. The third-order valence-electron chi connectivity index (χ3n) is 13.6. The molecule has 1 aliphatic heterocycles. The van der Waals surface area contributed by atoms with Gasteiger partial charge in [0.15, 0.2) is 19.7 Å². The fraction of sp³-hybridized carbons (Fsp3) is 0.535. The van der Waals surface area contributed by atoms with Gasteiger partial charge in [0.2, 0.25) is 17.5 Å². The molecule has 2 heterocycles. The van der Waals surface area contributed by atoms with Crippen LogP contribution in [0.1, 0.15) is 103 Å². The second kappa shape index (κ2) is 14.2. The van der Waals surface area contributed by atoms with E-state index in [1.54, 1.807) is 0 Å².